The van der Waals surface area contributed by atoms with Gasteiger partial charge in [0.05, 0.1) is 6.54 Å². The maximum absolute atomic E-state index is 9.31. The lowest BCUT2D eigenvalue weighted by Gasteiger charge is -2.10. The van der Waals surface area contributed by atoms with Crippen LogP contribution in [0, 0.1) is 5.92 Å². The molecule has 0 rings (SSSR count). The summed E-state index contributed by atoms with van der Waals surface area (Å²) in [7, 11) is 0. The number of rotatable bonds is 20. The van der Waals surface area contributed by atoms with Gasteiger partial charge in [-0.2, -0.15) is 0 Å². The standard InChI is InChI=1S/C23H48ClNO.ClH/c1-21(2)19-17-15-13-11-9-7-5-4-6-8-10-12-14-16-18-20-25-23(24)22(3)26;/h21-23,25-26H,4-20H2,1-3H3;1H. The Kier molecular flexibility index (Phi) is 25.1. The SMILES string of the molecule is CC(C)CCCCCCCCCCCCCCCCC[NH2+]C(Cl)C(C)O.[Cl-]. The first-order valence-corrected chi connectivity index (χ1v) is 12.1. The Hall–Kier alpha value is 0.500. The fraction of sp³-hybridized carbons (Fsp3) is 1.00. The highest BCUT2D eigenvalue weighted by Gasteiger charge is 2.12. The molecule has 27 heavy (non-hydrogen) atoms. The van der Waals surface area contributed by atoms with Crippen LogP contribution in [0.15, 0.2) is 0 Å². The van der Waals surface area contributed by atoms with E-state index in [1.807, 2.05) is 0 Å². The number of aliphatic hydroxyl groups excluding tert-OH is 1. The van der Waals surface area contributed by atoms with E-state index in [0.717, 1.165) is 12.5 Å². The largest absolute Gasteiger partial charge is 1.00 e. The topological polar surface area (TPSA) is 36.8 Å². The van der Waals surface area contributed by atoms with Crippen LogP contribution >= 0.6 is 11.6 Å². The quantitative estimate of drug-likeness (QED) is 0.175. The third-order valence-electron chi connectivity index (χ3n) is 5.34. The normalized spacial score (nSPS) is 13.6. The molecular weight excluding hydrogens is 377 g/mol. The Morgan fingerprint density at radius 3 is 1.30 bits per heavy atom. The fourth-order valence-corrected chi connectivity index (χ4v) is 3.60. The highest BCUT2D eigenvalue weighted by molar-refractivity contribution is 6.19. The second kappa shape index (κ2) is 22.8. The van der Waals surface area contributed by atoms with Crippen LogP contribution in [-0.4, -0.2) is 23.3 Å². The van der Waals surface area contributed by atoms with Crippen LogP contribution in [0.25, 0.3) is 0 Å². The van der Waals surface area contributed by atoms with Crippen LogP contribution in [0.5, 0.6) is 0 Å². The number of aliphatic hydroxyl groups is 1. The van der Waals surface area contributed by atoms with E-state index in [2.05, 4.69) is 19.2 Å². The molecule has 0 spiro atoms. The van der Waals surface area contributed by atoms with Crippen molar-refractivity contribution in [2.75, 3.05) is 6.54 Å². The number of nitrogens with two attached hydrogens (primary N) is 1. The molecule has 0 amide bonds. The first-order chi connectivity index (χ1) is 12.5. The van der Waals surface area contributed by atoms with E-state index in [-0.39, 0.29) is 17.9 Å². The minimum absolute atomic E-state index is 0. The van der Waals surface area contributed by atoms with Crippen molar-refractivity contribution in [3.63, 3.8) is 0 Å². The summed E-state index contributed by atoms with van der Waals surface area (Å²) in [6.07, 6.45) is 22.1. The molecule has 0 aromatic heterocycles. The van der Waals surface area contributed by atoms with Gasteiger partial charge in [-0.05, 0) is 25.7 Å². The van der Waals surface area contributed by atoms with E-state index in [9.17, 15) is 5.11 Å². The lowest BCUT2D eigenvalue weighted by molar-refractivity contribution is -0.676. The highest BCUT2D eigenvalue weighted by atomic mass is 35.5. The van der Waals surface area contributed by atoms with Gasteiger partial charge in [-0.25, -0.2) is 0 Å². The van der Waals surface area contributed by atoms with Crippen molar-refractivity contribution in [3.8, 4) is 0 Å². The Morgan fingerprint density at radius 2 is 0.963 bits per heavy atom. The Labute approximate surface area is 182 Å². The fourth-order valence-electron chi connectivity index (χ4n) is 3.47. The van der Waals surface area contributed by atoms with E-state index in [1.54, 1.807) is 6.92 Å². The zero-order valence-corrected chi connectivity index (χ0v) is 20.0. The zero-order chi connectivity index (χ0) is 19.5. The van der Waals surface area contributed by atoms with Crippen LogP contribution in [0.3, 0.4) is 0 Å². The molecule has 0 fully saturated rings. The first-order valence-electron chi connectivity index (χ1n) is 11.7. The average molecular weight is 427 g/mol. The van der Waals surface area contributed by atoms with E-state index in [4.69, 9.17) is 11.6 Å². The van der Waals surface area contributed by atoms with Gasteiger partial charge in [0.1, 0.15) is 6.10 Å². The van der Waals surface area contributed by atoms with Gasteiger partial charge in [0, 0.05) is 0 Å². The number of unbranched alkanes of at least 4 members (excludes halogenated alkanes) is 14. The Bertz CT molecular complexity index is 275. The van der Waals surface area contributed by atoms with Crippen LogP contribution in [0.4, 0.5) is 0 Å². The summed E-state index contributed by atoms with van der Waals surface area (Å²) in [4.78, 5) is 0. The number of halogens is 2. The lowest BCUT2D eigenvalue weighted by atomic mass is 10.0. The molecule has 0 aromatic carbocycles. The third kappa shape index (κ3) is 24.5. The monoisotopic (exact) mass is 425 g/mol. The first kappa shape index (κ1) is 29.7. The van der Waals surface area contributed by atoms with Gasteiger partial charge in [-0.3, -0.25) is 0 Å². The minimum Gasteiger partial charge on any atom is -1.00 e. The van der Waals surface area contributed by atoms with Crippen molar-refractivity contribution >= 4 is 11.6 Å². The van der Waals surface area contributed by atoms with Gasteiger partial charge in [0.2, 0.25) is 0 Å². The van der Waals surface area contributed by atoms with Crippen molar-refractivity contribution in [2.45, 2.75) is 135 Å². The average Bonchev–Trinajstić information content (AvgIpc) is 2.60. The molecule has 0 aliphatic rings. The second-order valence-corrected chi connectivity index (χ2v) is 9.20. The van der Waals surface area contributed by atoms with E-state index >= 15 is 0 Å². The summed E-state index contributed by atoms with van der Waals surface area (Å²) in [5.41, 5.74) is -0.181. The van der Waals surface area contributed by atoms with Gasteiger partial charge >= 0.3 is 0 Å². The predicted molar refractivity (Wildman–Crippen MR) is 117 cm³/mol. The van der Waals surface area contributed by atoms with Crippen molar-refractivity contribution in [1.29, 1.82) is 0 Å². The summed E-state index contributed by atoms with van der Waals surface area (Å²) in [6, 6.07) is 0. The number of hydrogen-bond acceptors (Lipinski definition) is 1. The van der Waals surface area contributed by atoms with Crippen LogP contribution in [-0.2, 0) is 0 Å². The minimum atomic E-state index is -0.425. The summed E-state index contributed by atoms with van der Waals surface area (Å²) >= 11 is 5.99. The second-order valence-electron chi connectivity index (χ2n) is 8.70. The molecule has 0 saturated heterocycles. The Balaban J connectivity index is 0. The molecule has 4 heteroatoms. The number of alkyl halides is 1. The van der Waals surface area contributed by atoms with Crippen LogP contribution in [0.2, 0.25) is 0 Å². The number of quaternary nitrogens is 1. The van der Waals surface area contributed by atoms with E-state index in [1.165, 1.54) is 103 Å². The van der Waals surface area contributed by atoms with Gasteiger partial charge < -0.3 is 22.8 Å². The molecular formula is C23H49Cl2NO. The summed E-state index contributed by atoms with van der Waals surface area (Å²) in [5, 5.41) is 11.4. The van der Waals surface area contributed by atoms with E-state index in [0.29, 0.717) is 0 Å². The zero-order valence-electron chi connectivity index (χ0n) is 18.5. The molecule has 0 aromatic rings. The number of hydrogen-bond donors (Lipinski definition) is 2. The molecule has 3 N–H and O–H groups in total. The highest BCUT2D eigenvalue weighted by Crippen LogP contribution is 2.14. The van der Waals surface area contributed by atoms with Crippen LogP contribution in [0.1, 0.15) is 124 Å². The molecule has 0 heterocycles. The molecule has 0 aliphatic heterocycles. The van der Waals surface area contributed by atoms with Crippen molar-refractivity contribution in [1.82, 2.24) is 0 Å². The maximum Gasteiger partial charge on any atom is 0.187 e. The molecule has 0 saturated carbocycles. The lowest BCUT2D eigenvalue weighted by Crippen LogP contribution is -3.00. The summed E-state index contributed by atoms with van der Waals surface area (Å²) in [5.74, 6) is 0.882. The molecule has 0 aliphatic carbocycles. The summed E-state index contributed by atoms with van der Waals surface area (Å²) < 4.78 is 0. The molecule has 2 atom stereocenters. The predicted octanol–water partition coefficient (Wildman–Crippen LogP) is 3.40. The molecule has 166 valence electrons. The van der Waals surface area contributed by atoms with Crippen molar-refractivity contribution in [3.05, 3.63) is 0 Å². The van der Waals surface area contributed by atoms with Crippen molar-refractivity contribution in [2.24, 2.45) is 5.92 Å². The van der Waals surface area contributed by atoms with Gasteiger partial charge in [0.25, 0.3) is 0 Å². The molecule has 2 nitrogen and oxygen atoms in total. The smallest absolute Gasteiger partial charge is 0.187 e. The summed E-state index contributed by atoms with van der Waals surface area (Å²) in [6.45, 7) is 7.45. The van der Waals surface area contributed by atoms with E-state index < -0.39 is 6.10 Å². The van der Waals surface area contributed by atoms with Crippen LogP contribution < -0.4 is 17.7 Å². The maximum atomic E-state index is 9.31. The van der Waals surface area contributed by atoms with Gasteiger partial charge in [0.15, 0.2) is 5.50 Å². The van der Waals surface area contributed by atoms with Gasteiger partial charge in [-0.1, -0.05) is 115 Å². The Morgan fingerprint density at radius 1 is 0.630 bits per heavy atom. The molecule has 0 radical (unpaired) electrons. The third-order valence-corrected chi connectivity index (χ3v) is 5.88. The molecule has 2 unspecified atom stereocenters. The molecule has 0 bridgehead atoms. The van der Waals surface area contributed by atoms with Crippen molar-refractivity contribution < 1.29 is 22.8 Å². The van der Waals surface area contributed by atoms with Gasteiger partial charge in [-0.15, -0.1) is 0 Å².